The van der Waals surface area contributed by atoms with Crippen molar-refractivity contribution in [2.75, 3.05) is 6.54 Å². The molecule has 2 nitrogen and oxygen atoms in total. The summed E-state index contributed by atoms with van der Waals surface area (Å²) in [6, 6.07) is 0. The molecule has 0 radical (unpaired) electrons. The maximum absolute atomic E-state index is 8.34. The Morgan fingerprint density at radius 1 is 1.80 bits per heavy atom. The van der Waals surface area contributed by atoms with Crippen LogP contribution in [0.25, 0.3) is 0 Å². The molecule has 1 saturated heterocycles. The monoisotopic (exact) mass is 73.1 g/mol. The van der Waals surface area contributed by atoms with Crippen LogP contribution in [0.2, 0.25) is 0 Å². The molecule has 0 spiro atoms. The molecule has 0 aliphatic carbocycles. The Kier molecular flexibility index (Phi) is 0.596. The van der Waals surface area contributed by atoms with Crippen molar-refractivity contribution in [2.24, 2.45) is 0 Å². The zero-order valence-electron chi connectivity index (χ0n) is 2.94. The second-order valence-corrected chi connectivity index (χ2v) is 1.26. The van der Waals surface area contributed by atoms with Crippen LogP contribution in [-0.2, 0) is 0 Å². The second kappa shape index (κ2) is 0.954. The molecule has 1 fully saturated rings. The lowest BCUT2D eigenvalue weighted by molar-refractivity contribution is 0.0737. The molecule has 0 aromatic carbocycles. The van der Waals surface area contributed by atoms with Gasteiger partial charge in [0.15, 0.2) is 0 Å². The molecule has 1 rings (SSSR count). The lowest BCUT2D eigenvalue weighted by Crippen LogP contribution is -2.42. The summed E-state index contributed by atoms with van der Waals surface area (Å²) in [4.78, 5) is 0. The van der Waals surface area contributed by atoms with E-state index in [1.54, 1.807) is 0 Å². The maximum Gasteiger partial charge on any atom is 0.106 e. The van der Waals surface area contributed by atoms with Crippen molar-refractivity contribution in [1.29, 1.82) is 0 Å². The van der Waals surface area contributed by atoms with Crippen molar-refractivity contribution in [3.8, 4) is 0 Å². The molecule has 2 heteroatoms. The van der Waals surface area contributed by atoms with Crippen molar-refractivity contribution in [3.05, 3.63) is 0 Å². The number of hydrogen-bond acceptors (Lipinski definition) is 2. The minimum Gasteiger partial charge on any atom is -0.379 e. The highest BCUT2D eigenvalue weighted by Crippen LogP contribution is 1.93. The SMILES string of the molecule is O[C@@H]1CCN1. The molecule has 1 atom stereocenters. The standard InChI is InChI=1S/C3H7NO/c5-3-1-2-4-3/h3-5H,1-2H2/t3-/m1/s1. The van der Waals surface area contributed by atoms with Gasteiger partial charge in [0, 0.05) is 6.54 Å². The Bertz CT molecular complexity index is 33.9. The highest BCUT2D eigenvalue weighted by Gasteiger charge is 2.09. The molecule has 0 amide bonds. The quantitative estimate of drug-likeness (QED) is 0.397. The number of nitrogens with one attached hydrogen (secondary N) is 1. The zero-order chi connectivity index (χ0) is 3.70. The van der Waals surface area contributed by atoms with Gasteiger partial charge in [0.25, 0.3) is 0 Å². The second-order valence-electron chi connectivity index (χ2n) is 1.26. The average molecular weight is 73.1 g/mol. The van der Waals surface area contributed by atoms with E-state index in [9.17, 15) is 0 Å². The summed E-state index contributed by atoms with van der Waals surface area (Å²) in [5.41, 5.74) is 0. The van der Waals surface area contributed by atoms with Crippen LogP contribution in [0.1, 0.15) is 6.42 Å². The molecule has 2 N–H and O–H groups in total. The molecule has 1 aliphatic rings. The topological polar surface area (TPSA) is 32.3 Å². The third-order valence-corrected chi connectivity index (χ3v) is 0.798. The molecule has 5 heavy (non-hydrogen) atoms. The summed E-state index contributed by atoms with van der Waals surface area (Å²) in [5, 5.41) is 11.1. The van der Waals surface area contributed by atoms with Crippen molar-refractivity contribution < 1.29 is 5.11 Å². The Morgan fingerprint density at radius 2 is 2.20 bits per heavy atom. The van der Waals surface area contributed by atoms with Gasteiger partial charge in [-0.1, -0.05) is 0 Å². The third-order valence-electron chi connectivity index (χ3n) is 0.798. The van der Waals surface area contributed by atoms with Crippen LogP contribution < -0.4 is 5.32 Å². The molecule has 0 unspecified atom stereocenters. The van der Waals surface area contributed by atoms with Gasteiger partial charge in [-0.3, -0.25) is 5.32 Å². The van der Waals surface area contributed by atoms with Crippen molar-refractivity contribution in [1.82, 2.24) is 5.32 Å². The van der Waals surface area contributed by atoms with E-state index in [2.05, 4.69) is 5.32 Å². The number of hydrogen-bond donors (Lipinski definition) is 2. The van der Waals surface area contributed by atoms with Crippen LogP contribution in [0.4, 0.5) is 0 Å². The number of rotatable bonds is 0. The highest BCUT2D eigenvalue weighted by atomic mass is 16.3. The van der Waals surface area contributed by atoms with Gasteiger partial charge in [0.1, 0.15) is 6.23 Å². The van der Waals surface area contributed by atoms with E-state index in [0.717, 1.165) is 13.0 Å². The maximum atomic E-state index is 8.34. The fourth-order valence-corrected chi connectivity index (χ4v) is 0.273. The first kappa shape index (κ1) is 3.12. The van der Waals surface area contributed by atoms with E-state index >= 15 is 0 Å². The van der Waals surface area contributed by atoms with Crippen LogP contribution in [0.3, 0.4) is 0 Å². The van der Waals surface area contributed by atoms with Crippen LogP contribution in [-0.4, -0.2) is 17.9 Å². The van der Waals surface area contributed by atoms with E-state index in [0.29, 0.717) is 0 Å². The fraction of sp³-hybridized carbons (Fsp3) is 1.00. The lowest BCUT2D eigenvalue weighted by atomic mass is 10.3. The third kappa shape index (κ3) is 0.412. The smallest absolute Gasteiger partial charge is 0.106 e. The predicted octanol–water partition coefficient (Wildman–Crippen LogP) is -0.702. The Hall–Kier alpha value is -0.0800. The molecular weight excluding hydrogens is 66.0 g/mol. The van der Waals surface area contributed by atoms with E-state index in [-0.39, 0.29) is 6.23 Å². The minimum atomic E-state index is -0.185. The van der Waals surface area contributed by atoms with Gasteiger partial charge >= 0.3 is 0 Å². The Morgan fingerprint density at radius 3 is 2.20 bits per heavy atom. The summed E-state index contributed by atoms with van der Waals surface area (Å²) in [6.45, 7) is 0.987. The van der Waals surface area contributed by atoms with Gasteiger partial charge in [-0.25, -0.2) is 0 Å². The molecule has 1 heterocycles. The molecule has 0 aromatic heterocycles. The van der Waals surface area contributed by atoms with Gasteiger partial charge in [0.2, 0.25) is 0 Å². The fourth-order valence-electron chi connectivity index (χ4n) is 0.273. The van der Waals surface area contributed by atoms with Gasteiger partial charge in [-0.05, 0) is 6.42 Å². The van der Waals surface area contributed by atoms with Crippen molar-refractivity contribution >= 4 is 0 Å². The van der Waals surface area contributed by atoms with Crippen LogP contribution >= 0.6 is 0 Å². The zero-order valence-corrected chi connectivity index (χ0v) is 2.94. The van der Waals surface area contributed by atoms with E-state index in [1.807, 2.05) is 0 Å². The van der Waals surface area contributed by atoms with Crippen LogP contribution in [0.5, 0.6) is 0 Å². The first-order valence-corrected chi connectivity index (χ1v) is 1.81. The largest absolute Gasteiger partial charge is 0.379 e. The first-order valence-electron chi connectivity index (χ1n) is 1.81. The van der Waals surface area contributed by atoms with Gasteiger partial charge in [-0.2, -0.15) is 0 Å². The lowest BCUT2D eigenvalue weighted by Gasteiger charge is -2.20. The molecule has 0 aromatic rings. The van der Waals surface area contributed by atoms with Crippen LogP contribution in [0, 0.1) is 0 Å². The van der Waals surface area contributed by atoms with E-state index in [1.165, 1.54) is 0 Å². The highest BCUT2D eigenvalue weighted by molar-refractivity contribution is 4.63. The van der Waals surface area contributed by atoms with Gasteiger partial charge < -0.3 is 5.11 Å². The molecule has 0 bridgehead atoms. The number of aliphatic hydroxyl groups is 1. The summed E-state index contributed by atoms with van der Waals surface area (Å²) < 4.78 is 0. The summed E-state index contributed by atoms with van der Waals surface area (Å²) >= 11 is 0. The Labute approximate surface area is 30.8 Å². The molecule has 30 valence electrons. The van der Waals surface area contributed by atoms with E-state index < -0.39 is 0 Å². The Balaban J connectivity index is 2.08. The van der Waals surface area contributed by atoms with Gasteiger partial charge in [0.05, 0.1) is 0 Å². The van der Waals surface area contributed by atoms with Gasteiger partial charge in [-0.15, -0.1) is 0 Å². The van der Waals surface area contributed by atoms with Crippen molar-refractivity contribution in [2.45, 2.75) is 12.6 Å². The van der Waals surface area contributed by atoms with Crippen molar-refractivity contribution in [3.63, 3.8) is 0 Å². The summed E-state index contributed by atoms with van der Waals surface area (Å²) in [7, 11) is 0. The van der Waals surface area contributed by atoms with Crippen LogP contribution in [0.15, 0.2) is 0 Å². The summed E-state index contributed by atoms with van der Waals surface area (Å²) in [5.74, 6) is 0. The normalized spacial score (nSPS) is 36.6. The molecular formula is C3H7NO. The molecule has 1 aliphatic heterocycles. The molecule has 0 saturated carbocycles. The predicted molar refractivity (Wildman–Crippen MR) is 18.6 cm³/mol. The average Bonchev–Trinajstić information content (AvgIpc) is 1.30. The first-order chi connectivity index (χ1) is 2.39. The number of aliphatic hydroxyl groups excluding tert-OH is 1. The van der Waals surface area contributed by atoms with E-state index in [4.69, 9.17) is 5.11 Å². The minimum absolute atomic E-state index is 0.185. The summed E-state index contributed by atoms with van der Waals surface area (Å²) in [6.07, 6.45) is 0.745.